The molecule has 1 atom stereocenters. The summed E-state index contributed by atoms with van der Waals surface area (Å²) < 4.78 is 59.9. The van der Waals surface area contributed by atoms with E-state index in [2.05, 4.69) is 9.88 Å². The monoisotopic (exact) mass is 550 g/mol. The van der Waals surface area contributed by atoms with Gasteiger partial charge in [-0.3, -0.25) is 0 Å². The van der Waals surface area contributed by atoms with E-state index in [9.17, 15) is 17.6 Å². The summed E-state index contributed by atoms with van der Waals surface area (Å²) in [6.07, 6.45) is -1.19. The SMILES string of the molecule is COC[C@@H]1CCCN1c1nc(-c2ccc(F)c(Cl)c2)cc(N2CCN(c3ncccc3C(F)(F)F)CC2)n1. The first kappa shape index (κ1) is 26.4. The van der Waals surface area contributed by atoms with Crippen molar-refractivity contribution in [2.75, 3.05) is 61.1 Å². The molecule has 0 bridgehead atoms. The van der Waals surface area contributed by atoms with Gasteiger partial charge in [0.2, 0.25) is 5.95 Å². The second kappa shape index (κ2) is 10.9. The highest BCUT2D eigenvalue weighted by atomic mass is 35.5. The van der Waals surface area contributed by atoms with Crippen molar-refractivity contribution in [2.24, 2.45) is 0 Å². The number of piperazine rings is 1. The molecule has 7 nitrogen and oxygen atoms in total. The minimum atomic E-state index is -4.48. The number of alkyl halides is 3. The van der Waals surface area contributed by atoms with Crippen molar-refractivity contribution < 1.29 is 22.3 Å². The Morgan fingerprint density at radius 2 is 1.79 bits per heavy atom. The Morgan fingerprint density at radius 1 is 1.03 bits per heavy atom. The van der Waals surface area contributed by atoms with Crippen LogP contribution >= 0.6 is 11.6 Å². The molecule has 0 spiro atoms. The molecule has 38 heavy (non-hydrogen) atoms. The first-order valence-corrected chi connectivity index (χ1v) is 12.7. The maximum atomic E-state index is 13.8. The average Bonchev–Trinajstić information content (AvgIpc) is 3.38. The number of hydrogen-bond acceptors (Lipinski definition) is 7. The topological polar surface area (TPSA) is 57.6 Å². The minimum absolute atomic E-state index is 0.00733. The summed E-state index contributed by atoms with van der Waals surface area (Å²) in [4.78, 5) is 19.5. The summed E-state index contributed by atoms with van der Waals surface area (Å²) in [6, 6.07) is 8.73. The lowest BCUT2D eigenvalue weighted by atomic mass is 10.1. The van der Waals surface area contributed by atoms with Gasteiger partial charge in [-0.15, -0.1) is 0 Å². The fraction of sp³-hybridized carbons (Fsp3) is 0.423. The molecule has 2 saturated heterocycles. The number of hydrogen-bond donors (Lipinski definition) is 0. The predicted octanol–water partition coefficient (Wildman–Crippen LogP) is 5.29. The Balaban J connectivity index is 1.45. The summed E-state index contributed by atoms with van der Waals surface area (Å²) in [6.45, 7) is 2.87. The van der Waals surface area contributed by atoms with Crippen LogP contribution in [0.3, 0.4) is 0 Å². The van der Waals surface area contributed by atoms with E-state index < -0.39 is 17.6 Å². The number of anilines is 3. The van der Waals surface area contributed by atoms with Crippen LogP contribution in [-0.2, 0) is 10.9 Å². The standard InChI is InChI=1S/C26H27ClF4N6O/c1-38-16-18-4-3-9-37(18)25-33-22(17-6-7-21(28)20(27)14-17)15-23(34-25)35-10-12-36(13-11-35)24-19(26(29,30)31)5-2-8-32-24/h2,5-8,14-15,18H,3-4,9-13,16H2,1H3/t18-/m0/s1. The molecule has 2 aromatic heterocycles. The highest BCUT2D eigenvalue weighted by Gasteiger charge is 2.36. The van der Waals surface area contributed by atoms with Gasteiger partial charge in [-0.1, -0.05) is 11.6 Å². The van der Waals surface area contributed by atoms with Crippen molar-refractivity contribution in [3.63, 3.8) is 0 Å². The number of halogens is 5. The van der Waals surface area contributed by atoms with Gasteiger partial charge in [-0.05, 0) is 43.2 Å². The molecule has 0 unspecified atom stereocenters. The zero-order valence-electron chi connectivity index (χ0n) is 20.8. The fourth-order valence-electron chi connectivity index (χ4n) is 5.00. The molecule has 1 aromatic carbocycles. The molecule has 4 heterocycles. The van der Waals surface area contributed by atoms with Crippen molar-refractivity contribution in [2.45, 2.75) is 25.1 Å². The maximum Gasteiger partial charge on any atom is 0.419 e. The summed E-state index contributed by atoms with van der Waals surface area (Å²) in [5, 5.41) is -0.00733. The first-order chi connectivity index (χ1) is 18.2. The molecule has 0 radical (unpaired) electrons. The molecule has 0 aliphatic carbocycles. The largest absolute Gasteiger partial charge is 0.419 e. The first-order valence-electron chi connectivity index (χ1n) is 12.4. The van der Waals surface area contributed by atoms with Crippen molar-refractivity contribution in [1.29, 1.82) is 0 Å². The van der Waals surface area contributed by atoms with Crippen molar-refractivity contribution in [1.82, 2.24) is 15.0 Å². The minimum Gasteiger partial charge on any atom is -0.383 e. The van der Waals surface area contributed by atoms with E-state index in [1.807, 2.05) is 11.0 Å². The zero-order chi connectivity index (χ0) is 26.9. The number of methoxy groups -OCH3 is 1. The van der Waals surface area contributed by atoms with E-state index in [0.29, 0.717) is 55.8 Å². The number of rotatable bonds is 6. The molecule has 0 amide bonds. The third-order valence-electron chi connectivity index (χ3n) is 6.90. The highest BCUT2D eigenvalue weighted by Crippen LogP contribution is 2.36. The third kappa shape index (κ3) is 5.49. The highest BCUT2D eigenvalue weighted by molar-refractivity contribution is 6.31. The summed E-state index contributed by atoms with van der Waals surface area (Å²) in [5.74, 6) is 0.590. The Bertz CT molecular complexity index is 1280. The number of nitrogens with zero attached hydrogens (tertiary/aromatic N) is 6. The van der Waals surface area contributed by atoms with Crippen LogP contribution in [0.1, 0.15) is 18.4 Å². The Labute approximate surface area is 223 Å². The number of pyridine rings is 1. The lowest BCUT2D eigenvalue weighted by Crippen LogP contribution is -2.47. The zero-order valence-corrected chi connectivity index (χ0v) is 21.5. The average molecular weight is 551 g/mol. The van der Waals surface area contributed by atoms with Crippen LogP contribution < -0.4 is 14.7 Å². The van der Waals surface area contributed by atoms with Crippen LogP contribution in [0.5, 0.6) is 0 Å². The Hall–Kier alpha value is -3.18. The quantitative estimate of drug-likeness (QED) is 0.386. The van der Waals surface area contributed by atoms with Gasteiger partial charge in [0, 0.05) is 57.7 Å². The van der Waals surface area contributed by atoms with Crippen molar-refractivity contribution in [3.8, 4) is 11.3 Å². The van der Waals surface area contributed by atoms with Gasteiger partial charge < -0.3 is 19.4 Å². The second-order valence-corrected chi connectivity index (χ2v) is 9.74. The third-order valence-corrected chi connectivity index (χ3v) is 7.19. The van der Waals surface area contributed by atoms with E-state index in [1.54, 1.807) is 18.1 Å². The number of ether oxygens (including phenoxy) is 1. The molecule has 2 aliphatic heterocycles. The van der Waals surface area contributed by atoms with E-state index in [0.717, 1.165) is 25.5 Å². The smallest absolute Gasteiger partial charge is 0.383 e. The van der Waals surface area contributed by atoms with E-state index in [4.69, 9.17) is 26.3 Å². The van der Waals surface area contributed by atoms with Gasteiger partial charge in [0.1, 0.15) is 17.5 Å². The second-order valence-electron chi connectivity index (χ2n) is 9.33. The molecule has 3 aromatic rings. The van der Waals surface area contributed by atoms with Crippen LogP contribution in [0.25, 0.3) is 11.3 Å². The van der Waals surface area contributed by atoms with Gasteiger partial charge in [-0.2, -0.15) is 18.2 Å². The molecule has 2 fully saturated rings. The number of benzene rings is 1. The molecule has 2 aliphatic rings. The van der Waals surface area contributed by atoms with Crippen LogP contribution in [0, 0.1) is 5.82 Å². The van der Waals surface area contributed by atoms with Crippen LogP contribution in [0.2, 0.25) is 5.02 Å². The van der Waals surface area contributed by atoms with Crippen LogP contribution in [0.4, 0.5) is 35.1 Å². The Morgan fingerprint density at radius 3 is 2.50 bits per heavy atom. The van der Waals surface area contributed by atoms with Crippen LogP contribution in [-0.4, -0.2) is 67.4 Å². The summed E-state index contributed by atoms with van der Waals surface area (Å²) in [7, 11) is 1.66. The normalized spacial score (nSPS) is 18.4. The molecule has 0 N–H and O–H groups in total. The van der Waals surface area contributed by atoms with Gasteiger partial charge in [0.05, 0.1) is 28.9 Å². The molecule has 202 valence electrons. The molecular weight excluding hydrogens is 524 g/mol. The van der Waals surface area contributed by atoms with Gasteiger partial charge in [0.15, 0.2) is 0 Å². The molecule has 12 heteroatoms. The maximum absolute atomic E-state index is 13.8. The van der Waals surface area contributed by atoms with Crippen molar-refractivity contribution >= 4 is 29.2 Å². The van der Waals surface area contributed by atoms with Crippen LogP contribution in [0.15, 0.2) is 42.6 Å². The van der Waals surface area contributed by atoms with Crippen molar-refractivity contribution in [3.05, 3.63) is 59.0 Å². The van der Waals surface area contributed by atoms with Gasteiger partial charge >= 0.3 is 6.18 Å². The van der Waals surface area contributed by atoms with E-state index in [1.165, 1.54) is 24.4 Å². The molecule has 5 rings (SSSR count). The van der Waals surface area contributed by atoms with Gasteiger partial charge in [-0.25, -0.2) is 14.4 Å². The molecule has 0 saturated carbocycles. The van der Waals surface area contributed by atoms with E-state index >= 15 is 0 Å². The Kier molecular flexibility index (Phi) is 7.58. The van der Waals surface area contributed by atoms with E-state index in [-0.39, 0.29) is 16.9 Å². The van der Waals surface area contributed by atoms with Gasteiger partial charge in [0.25, 0.3) is 0 Å². The lowest BCUT2D eigenvalue weighted by Gasteiger charge is -2.37. The predicted molar refractivity (Wildman–Crippen MR) is 138 cm³/mol. The summed E-state index contributed by atoms with van der Waals surface area (Å²) in [5.41, 5.74) is 0.485. The molecular formula is C26H27ClF4N6O. The lowest BCUT2D eigenvalue weighted by molar-refractivity contribution is -0.137. The number of aromatic nitrogens is 3. The fourth-order valence-corrected chi connectivity index (χ4v) is 5.18. The summed E-state index contributed by atoms with van der Waals surface area (Å²) >= 11 is 6.06.